The van der Waals surface area contributed by atoms with Gasteiger partial charge in [-0.3, -0.25) is 9.59 Å². The Kier molecular flexibility index (Phi) is 3.37. The average Bonchev–Trinajstić information content (AvgIpc) is 2.38. The van der Waals surface area contributed by atoms with Gasteiger partial charge in [0, 0.05) is 25.5 Å². The lowest BCUT2D eigenvalue weighted by Gasteiger charge is -2.38. The zero-order valence-corrected chi connectivity index (χ0v) is 10.7. The molecule has 2 heterocycles. The largest absolute Gasteiger partial charge is 0.481 e. The van der Waals surface area contributed by atoms with Gasteiger partial charge in [-0.2, -0.15) is 0 Å². The second-order valence-electron chi connectivity index (χ2n) is 4.98. The maximum atomic E-state index is 11.3. The minimum absolute atomic E-state index is 0.0807. The Morgan fingerprint density at radius 1 is 1.42 bits per heavy atom. The predicted octanol–water partition coefficient (Wildman–Crippen LogP) is 0.267. The molecule has 0 aliphatic carbocycles. The molecule has 0 saturated carbocycles. The lowest BCUT2D eigenvalue weighted by Crippen LogP contribution is -2.47. The average molecular weight is 264 g/mol. The number of piperidine rings is 1. The number of anilines is 1. The zero-order valence-electron chi connectivity index (χ0n) is 10.7. The van der Waals surface area contributed by atoms with Crippen LogP contribution in [0.1, 0.15) is 30.3 Å². The molecule has 19 heavy (non-hydrogen) atoms. The summed E-state index contributed by atoms with van der Waals surface area (Å²) >= 11 is 0. The molecule has 0 radical (unpaired) electrons. The fraction of sp³-hybridized carbons (Fsp3) is 0.500. The third kappa shape index (κ3) is 2.49. The van der Waals surface area contributed by atoms with Crippen molar-refractivity contribution in [1.29, 1.82) is 0 Å². The molecule has 1 aromatic heterocycles. The summed E-state index contributed by atoms with van der Waals surface area (Å²) in [5.41, 5.74) is 4.50. The van der Waals surface area contributed by atoms with Crippen molar-refractivity contribution in [3.05, 3.63) is 18.1 Å². The summed E-state index contributed by atoms with van der Waals surface area (Å²) in [5, 5.41) is 9.29. The molecular weight excluding hydrogens is 248 g/mol. The lowest BCUT2D eigenvalue weighted by molar-refractivity contribution is -0.148. The molecule has 1 atom stereocenters. The Labute approximate surface area is 110 Å². The van der Waals surface area contributed by atoms with E-state index in [1.807, 2.05) is 0 Å². The number of carbonyl (C=O) groups is 2. The molecule has 102 valence electrons. The SMILES string of the molecule is CC1(C(=O)O)CCCN(c2nccnc2C(N)=O)C1. The van der Waals surface area contributed by atoms with Gasteiger partial charge in [-0.15, -0.1) is 0 Å². The van der Waals surface area contributed by atoms with E-state index in [2.05, 4.69) is 9.97 Å². The van der Waals surface area contributed by atoms with Crippen molar-refractivity contribution in [3.8, 4) is 0 Å². The predicted molar refractivity (Wildman–Crippen MR) is 67.7 cm³/mol. The molecule has 1 fully saturated rings. The van der Waals surface area contributed by atoms with Crippen LogP contribution in [0.2, 0.25) is 0 Å². The minimum atomic E-state index is -0.846. The monoisotopic (exact) mass is 264 g/mol. The fourth-order valence-corrected chi connectivity index (χ4v) is 2.33. The number of hydrogen-bond acceptors (Lipinski definition) is 5. The highest BCUT2D eigenvalue weighted by Gasteiger charge is 2.39. The van der Waals surface area contributed by atoms with Gasteiger partial charge in [0.1, 0.15) is 0 Å². The molecule has 0 bridgehead atoms. The first-order valence-corrected chi connectivity index (χ1v) is 6.03. The van der Waals surface area contributed by atoms with Crippen LogP contribution in [0.25, 0.3) is 0 Å². The van der Waals surface area contributed by atoms with Gasteiger partial charge in [-0.1, -0.05) is 0 Å². The number of rotatable bonds is 3. The highest BCUT2D eigenvalue weighted by molar-refractivity contribution is 5.95. The Balaban J connectivity index is 2.32. The van der Waals surface area contributed by atoms with E-state index in [4.69, 9.17) is 5.73 Å². The Hall–Kier alpha value is -2.18. The van der Waals surface area contributed by atoms with Gasteiger partial charge in [0.15, 0.2) is 11.5 Å². The molecule has 1 saturated heterocycles. The Morgan fingerprint density at radius 2 is 2.11 bits per heavy atom. The maximum Gasteiger partial charge on any atom is 0.311 e. The molecule has 0 aromatic carbocycles. The first-order chi connectivity index (χ1) is 8.94. The number of primary amides is 1. The number of nitrogens with zero attached hydrogens (tertiary/aromatic N) is 3. The summed E-state index contributed by atoms with van der Waals surface area (Å²) < 4.78 is 0. The molecule has 1 unspecified atom stereocenters. The number of aliphatic carboxylic acids is 1. The number of hydrogen-bond donors (Lipinski definition) is 2. The van der Waals surface area contributed by atoms with Crippen molar-refractivity contribution in [3.63, 3.8) is 0 Å². The quantitative estimate of drug-likeness (QED) is 0.810. The maximum absolute atomic E-state index is 11.3. The number of nitrogens with two attached hydrogens (primary N) is 1. The van der Waals surface area contributed by atoms with E-state index >= 15 is 0 Å². The minimum Gasteiger partial charge on any atom is -0.481 e. The van der Waals surface area contributed by atoms with Crippen molar-refractivity contribution in [2.24, 2.45) is 11.1 Å². The summed E-state index contributed by atoms with van der Waals surface area (Å²) in [5.74, 6) is -1.14. The van der Waals surface area contributed by atoms with Crippen LogP contribution in [-0.2, 0) is 4.79 Å². The fourth-order valence-electron chi connectivity index (χ4n) is 2.33. The van der Waals surface area contributed by atoms with E-state index in [1.54, 1.807) is 11.8 Å². The van der Waals surface area contributed by atoms with Gasteiger partial charge in [-0.05, 0) is 19.8 Å². The molecule has 7 nitrogen and oxygen atoms in total. The first kappa shape index (κ1) is 13.3. The van der Waals surface area contributed by atoms with Gasteiger partial charge in [0.25, 0.3) is 5.91 Å². The molecule has 1 amide bonds. The van der Waals surface area contributed by atoms with E-state index in [-0.39, 0.29) is 5.69 Å². The summed E-state index contributed by atoms with van der Waals surface area (Å²) in [4.78, 5) is 32.5. The van der Waals surface area contributed by atoms with Gasteiger partial charge < -0.3 is 15.7 Å². The molecule has 1 aliphatic heterocycles. The molecule has 1 aromatic rings. The van der Waals surface area contributed by atoms with Crippen molar-refractivity contribution in [1.82, 2.24) is 9.97 Å². The first-order valence-electron chi connectivity index (χ1n) is 6.03. The van der Waals surface area contributed by atoms with Gasteiger partial charge in [0.2, 0.25) is 0 Å². The number of amides is 1. The van der Waals surface area contributed by atoms with Gasteiger partial charge in [0.05, 0.1) is 5.41 Å². The van der Waals surface area contributed by atoms with E-state index in [1.165, 1.54) is 12.4 Å². The zero-order chi connectivity index (χ0) is 14.0. The van der Waals surface area contributed by atoms with E-state index in [0.717, 1.165) is 6.42 Å². The number of aromatic nitrogens is 2. The molecule has 7 heteroatoms. The summed E-state index contributed by atoms with van der Waals surface area (Å²) in [6, 6.07) is 0. The summed E-state index contributed by atoms with van der Waals surface area (Å²) in [6.45, 7) is 2.63. The molecule has 1 aliphatic rings. The van der Waals surface area contributed by atoms with E-state index < -0.39 is 17.3 Å². The third-order valence-electron chi connectivity index (χ3n) is 3.42. The van der Waals surface area contributed by atoms with Crippen LogP contribution in [0.3, 0.4) is 0 Å². The number of carboxylic acids is 1. The summed E-state index contributed by atoms with van der Waals surface area (Å²) in [6.07, 6.45) is 4.18. The highest BCUT2D eigenvalue weighted by atomic mass is 16.4. The van der Waals surface area contributed by atoms with Crippen molar-refractivity contribution >= 4 is 17.7 Å². The Morgan fingerprint density at radius 3 is 2.74 bits per heavy atom. The van der Waals surface area contributed by atoms with E-state index in [0.29, 0.717) is 25.3 Å². The number of carbonyl (C=O) groups excluding carboxylic acids is 1. The van der Waals surface area contributed by atoms with Crippen molar-refractivity contribution in [2.75, 3.05) is 18.0 Å². The second-order valence-corrected chi connectivity index (χ2v) is 4.98. The standard InChI is InChI=1S/C12H16N4O3/c1-12(11(18)19)3-2-6-16(7-12)10-8(9(13)17)14-4-5-15-10/h4-5H,2-3,6-7H2,1H3,(H2,13,17)(H,18,19). The van der Waals surface area contributed by atoms with Crippen LogP contribution in [-0.4, -0.2) is 40.0 Å². The molecular formula is C12H16N4O3. The Bertz CT molecular complexity index is 519. The molecule has 2 rings (SSSR count). The second kappa shape index (κ2) is 4.83. The normalized spacial score (nSPS) is 23.1. The molecule has 3 N–H and O–H groups in total. The van der Waals surface area contributed by atoms with Crippen molar-refractivity contribution < 1.29 is 14.7 Å². The number of carboxylic acid groups (broad SMARTS) is 1. The highest BCUT2D eigenvalue weighted by Crippen LogP contribution is 2.32. The van der Waals surface area contributed by atoms with E-state index in [9.17, 15) is 14.7 Å². The van der Waals surface area contributed by atoms with Crippen LogP contribution in [0, 0.1) is 5.41 Å². The van der Waals surface area contributed by atoms with Crippen LogP contribution in [0.5, 0.6) is 0 Å². The smallest absolute Gasteiger partial charge is 0.311 e. The lowest BCUT2D eigenvalue weighted by atomic mass is 9.82. The van der Waals surface area contributed by atoms with Crippen LogP contribution >= 0.6 is 0 Å². The van der Waals surface area contributed by atoms with Crippen LogP contribution in [0.15, 0.2) is 12.4 Å². The van der Waals surface area contributed by atoms with Crippen LogP contribution in [0.4, 0.5) is 5.82 Å². The van der Waals surface area contributed by atoms with Gasteiger partial charge >= 0.3 is 5.97 Å². The summed E-state index contributed by atoms with van der Waals surface area (Å²) in [7, 11) is 0. The van der Waals surface area contributed by atoms with Crippen molar-refractivity contribution in [2.45, 2.75) is 19.8 Å². The topological polar surface area (TPSA) is 109 Å². The van der Waals surface area contributed by atoms with Gasteiger partial charge in [-0.25, -0.2) is 9.97 Å². The third-order valence-corrected chi connectivity index (χ3v) is 3.42. The molecule has 0 spiro atoms. The van der Waals surface area contributed by atoms with Crippen LogP contribution < -0.4 is 10.6 Å².